The molecule has 1 N–H and O–H groups in total. The first-order chi connectivity index (χ1) is 9.52. The number of nitriles is 1. The molecule has 6 heteroatoms. The summed E-state index contributed by atoms with van der Waals surface area (Å²) >= 11 is 2.21. The number of hydrogen-bond donors (Lipinski definition) is 1. The minimum atomic E-state index is -0.393. The molecule has 0 aliphatic heterocycles. The van der Waals surface area contributed by atoms with Crippen molar-refractivity contribution in [2.24, 2.45) is 10.2 Å². The van der Waals surface area contributed by atoms with E-state index in [2.05, 4.69) is 37.8 Å². The third-order valence-electron chi connectivity index (χ3n) is 2.82. The van der Waals surface area contributed by atoms with Crippen molar-refractivity contribution in [1.82, 2.24) is 4.98 Å². The molecule has 1 aromatic heterocycles. The Labute approximate surface area is 129 Å². The number of hydrogen-bond acceptors (Lipinski definition) is 4. The lowest BCUT2D eigenvalue weighted by atomic mass is 10.1. The molecule has 0 aliphatic carbocycles. The number of nitrogens with one attached hydrogen (secondary N) is 1. The van der Waals surface area contributed by atoms with E-state index in [4.69, 9.17) is 5.26 Å². The number of halogens is 1. The Balaban J connectivity index is 2.46. The molecule has 2 rings (SSSR count). The van der Waals surface area contributed by atoms with E-state index in [1.54, 1.807) is 13.8 Å². The second-order valence-corrected chi connectivity index (χ2v) is 5.46. The average molecular weight is 378 g/mol. The monoisotopic (exact) mass is 378 g/mol. The van der Waals surface area contributed by atoms with Crippen LogP contribution in [0.2, 0.25) is 0 Å². The Kier molecular flexibility index (Phi) is 4.29. The quantitative estimate of drug-likeness (QED) is 0.636. The van der Waals surface area contributed by atoms with Crippen LogP contribution in [0.15, 0.2) is 39.3 Å². The molecule has 0 unspecified atom stereocenters. The number of H-pyrrole nitrogens is 1. The van der Waals surface area contributed by atoms with Crippen molar-refractivity contribution < 1.29 is 0 Å². The maximum atomic E-state index is 11.6. The molecule has 0 saturated carbocycles. The van der Waals surface area contributed by atoms with Crippen molar-refractivity contribution >= 4 is 34.0 Å². The summed E-state index contributed by atoms with van der Waals surface area (Å²) in [4.78, 5) is 14.2. The summed E-state index contributed by atoms with van der Waals surface area (Å²) in [5, 5.41) is 17.3. The second kappa shape index (κ2) is 5.96. The molecule has 0 amide bonds. The van der Waals surface area contributed by atoms with Crippen molar-refractivity contribution in [3.05, 3.63) is 55.0 Å². The van der Waals surface area contributed by atoms with E-state index >= 15 is 0 Å². The van der Waals surface area contributed by atoms with Gasteiger partial charge in [-0.25, -0.2) is 0 Å². The van der Waals surface area contributed by atoms with Gasteiger partial charge in [-0.3, -0.25) is 4.79 Å². The van der Waals surface area contributed by atoms with E-state index < -0.39 is 5.56 Å². The predicted octanol–water partition coefficient (Wildman–Crippen LogP) is 3.88. The van der Waals surface area contributed by atoms with Crippen LogP contribution in [0.25, 0.3) is 0 Å². The lowest BCUT2D eigenvalue weighted by Crippen LogP contribution is -2.13. The molecule has 1 aromatic carbocycles. The van der Waals surface area contributed by atoms with Crippen LogP contribution in [0.1, 0.15) is 16.8 Å². The number of benzene rings is 1. The van der Waals surface area contributed by atoms with Gasteiger partial charge in [0.15, 0.2) is 0 Å². The molecule has 0 saturated heterocycles. The van der Waals surface area contributed by atoms with E-state index in [0.717, 1.165) is 3.57 Å². The second-order valence-electron chi connectivity index (χ2n) is 4.22. The van der Waals surface area contributed by atoms with Crippen molar-refractivity contribution in [2.75, 3.05) is 0 Å². The number of azo groups is 1. The SMILES string of the molecule is Cc1[nH]c(=O)c(C#N)c(C)c1N=Nc1ccc(I)cc1. The van der Waals surface area contributed by atoms with Gasteiger partial charge in [-0.1, -0.05) is 0 Å². The molecule has 0 fully saturated rings. The molecule has 2 aromatic rings. The van der Waals surface area contributed by atoms with Gasteiger partial charge in [-0.2, -0.15) is 10.4 Å². The average Bonchev–Trinajstić information content (AvgIpc) is 2.40. The first-order valence-corrected chi connectivity index (χ1v) is 6.91. The first kappa shape index (κ1) is 14.4. The van der Waals surface area contributed by atoms with Crippen molar-refractivity contribution in [3.8, 4) is 6.07 Å². The minimum Gasteiger partial charge on any atom is -0.323 e. The summed E-state index contributed by atoms with van der Waals surface area (Å²) < 4.78 is 1.12. The van der Waals surface area contributed by atoms with Crippen molar-refractivity contribution in [2.45, 2.75) is 13.8 Å². The molecule has 100 valence electrons. The molecular formula is C14H11IN4O. The van der Waals surface area contributed by atoms with Crippen LogP contribution in [0.3, 0.4) is 0 Å². The highest BCUT2D eigenvalue weighted by atomic mass is 127. The van der Waals surface area contributed by atoms with Gasteiger partial charge < -0.3 is 4.98 Å². The zero-order valence-corrected chi connectivity index (χ0v) is 13.1. The van der Waals surface area contributed by atoms with Crippen molar-refractivity contribution in [1.29, 1.82) is 5.26 Å². The van der Waals surface area contributed by atoms with E-state index in [9.17, 15) is 4.79 Å². The highest BCUT2D eigenvalue weighted by molar-refractivity contribution is 14.1. The van der Waals surface area contributed by atoms with Crippen LogP contribution in [-0.4, -0.2) is 4.98 Å². The molecule has 0 radical (unpaired) electrons. The summed E-state index contributed by atoms with van der Waals surface area (Å²) in [6.07, 6.45) is 0. The van der Waals surface area contributed by atoms with Gasteiger partial charge in [-0.15, -0.1) is 5.11 Å². The zero-order valence-electron chi connectivity index (χ0n) is 10.9. The third-order valence-corrected chi connectivity index (χ3v) is 3.54. The molecule has 0 spiro atoms. The summed E-state index contributed by atoms with van der Waals surface area (Å²) in [6, 6.07) is 9.46. The van der Waals surface area contributed by atoms with Gasteiger partial charge in [-0.05, 0) is 60.7 Å². The van der Waals surface area contributed by atoms with Crippen LogP contribution in [0, 0.1) is 28.7 Å². The van der Waals surface area contributed by atoms with Gasteiger partial charge in [0.1, 0.15) is 17.3 Å². The normalized spacial score (nSPS) is 10.7. The van der Waals surface area contributed by atoms with Gasteiger partial charge in [0, 0.05) is 14.8 Å². The number of pyridine rings is 1. The molecule has 1 heterocycles. The minimum absolute atomic E-state index is 0.0761. The van der Waals surface area contributed by atoms with Crippen LogP contribution in [0.4, 0.5) is 11.4 Å². The maximum absolute atomic E-state index is 11.6. The summed E-state index contributed by atoms with van der Waals surface area (Å²) in [6.45, 7) is 3.43. The van der Waals surface area contributed by atoms with E-state index in [1.165, 1.54) is 0 Å². The Morgan fingerprint density at radius 1 is 1.20 bits per heavy atom. The van der Waals surface area contributed by atoms with Gasteiger partial charge in [0.25, 0.3) is 5.56 Å². The Morgan fingerprint density at radius 2 is 1.85 bits per heavy atom. The Morgan fingerprint density at radius 3 is 2.45 bits per heavy atom. The van der Waals surface area contributed by atoms with E-state index in [-0.39, 0.29) is 5.56 Å². The molecular weight excluding hydrogens is 367 g/mol. The van der Waals surface area contributed by atoms with Crippen LogP contribution >= 0.6 is 22.6 Å². The molecule has 0 atom stereocenters. The van der Waals surface area contributed by atoms with Crippen molar-refractivity contribution in [3.63, 3.8) is 0 Å². The molecule has 5 nitrogen and oxygen atoms in total. The predicted molar refractivity (Wildman–Crippen MR) is 84.6 cm³/mol. The lowest BCUT2D eigenvalue weighted by Gasteiger charge is -2.04. The first-order valence-electron chi connectivity index (χ1n) is 5.84. The van der Waals surface area contributed by atoms with Gasteiger partial charge in [0.2, 0.25) is 0 Å². The highest BCUT2D eigenvalue weighted by Crippen LogP contribution is 2.25. The Hall–Kier alpha value is -2.01. The number of rotatable bonds is 2. The highest BCUT2D eigenvalue weighted by Gasteiger charge is 2.11. The summed E-state index contributed by atoms with van der Waals surface area (Å²) in [7, 11) is 0. The van der Waals surface area contributed by atoms with Gasteiger partial charge >= 0.3 is 0 Å². The lowest BCUT2D eigenvalue weighted by molar-refractivity contribution is 1.07. The third kappa shape index (κ3) is 2.93. The fraction of sp³-hybridized carbons (Fsp3) is 0.143. The summed E-state index contributed by atoms with van der Waals surface area (Å²) in [5.74, 6) is 0. The molecule has 20 heavy (non-hydrogen) atoms. The summed E-state index contributed by atoms with van der Waals surface area (Å²) in [5.41, 5.74) is 2.07. The topological polar surface area (TPSA) is 81.4 Å². The van der Waals surface area contributed by atoms with E-state index in [1.807, 2.05) is 30.3 Å². The Bertz CT molecular complexity index is 769. The number of nitrogens with zero attached hydrogens (tertiary/aromatic N) is 3. The largest absolute Gasteiger partial charge is 0.323 e. The fourth-order valence-corrected chi connectivity index (χ4v) is 2.12. The van der Waals surface area contributed by atoms with Gasteiger partial charge in [0.05, 0.1) is 5.69 Å². The smallest absolute Gasteiger partial charge is 0.266 e. The fourth-order valence-electron chi connectivity index (χ4n) is 1.76. The number of aromatic amines is 1. The maximum Gasteiger partial charge on any atom is 0.266 e. The number of aromatic nitrogens is 1. The van der Waals surface area contributed by atoms with E-state index in [0.29, 0.717) is 22.6 Å². The van der Waals surface area contributed by atoms with Crippen LogP contribution < -0.4 is 5.56 Å². The standard InChI is InChI=1S/C14H11IN4O/c1-8-12(7-16)14(20)17-9(2)13(8)19-18-11-5-3-10(15)4-6-11/h3-6H,1-2H3,(H,17,20). The molecule has 0 aliphatic rings. The van der Waals surface area contributed by atoms with Crippen LogP contribution in [0.5, 0.6) is 0 Å². The number of aryl methyl sites for hydroxylation is 1. The molecule has 0 bridgehead atoms. The zero-order chi connectivity index (χ0) is 14.7. The van der Waals surface area contributed by atoms with Crippen LogP contribution in [-0.2, 0) is 0 Å².